The fourth-order valence-electron chi connectivity index (χ4n) is 3.49. The summed E-state index contributed by atoms with van der Waals surface area (Å²) in [7, 11) is 0. The Morgan fingerprint density at radius 3 is 2.66 bits per heavy atom. The van der Waals surface area contributed by atoms with Crippen molar-refractivity contribution in [3.8, 4) is 5.75 Å². The molecule has 1 aliphatic heterocycles. The van der Waals surface area contributed by atoms with E-state index in [1.54, 1.807) is 23.6 Å². The van der Waals surface area contributed by atoms with E-state index in [0.29, 0.717) is 42.7 Å². The molecule has 3 heterocycles. The van der Waals surface area contributed by atoms with Gasteiger partial charge in [-0.1, -0.05) is 11.6 Å². The zero-order chi connectivity index (χ0) is 20.5. The number of amides is 1. The molecule has 4 rings (SSSR count). The Hall–Kier alpha value is -2.87. The number of benzene rings is 1. The molecule has 9 heteroatoms. The van der Waals surface area contributed by atoms with Gasteiger partial charge in [0.25, 0.3) is 11.7 Å². The minimum Gasteiger partial charge on any atom is -0.481 e. The predicted octanol–water partition coefficient (Wildman–Crippen LogP) is 2.51. The van der Waals surface area contributed by atoms with E-state index in [2.05, 4.69) is 20.0 Å². The maximum Gasteiger partial charge on any atom is 0.263 e. The molecule has 1 saturated heterocycles. The van der Waals surface area contributed by atoms with E-state index in [0.717, 1.165) is 17.1 Å². The Bertz CT molecular complexity index is 1040. The number of anilines is 1. The zero-order valence-electron chi connectivity index (χ0n) is 16.7. The van der Waals surface area contributed by atoms with Gasteiger partial charge in [0, 0.05) is 43.0 Å². The summed E-state index contributed by atoms with van der Waals surface area (Å²) in [5.41, 5.74) is 1.81. The Balaban J connectivity index is 1.40. The molecule has 0 aliphatic carbocycles. The average Bonchev–Trinajstić information content (AvgIpc) is 3.18. The van der Waals surface area contributed by atoms with Crippen molar-refractivity contribution in [1.82, 2.24) is 24.5 Å². The van der Waals surface area contributed by atoms with Gasteiger partial charge in [0.2, 0.25) is 0 Å². The molecule has 0 radical (unpaired) electrons. The second kappa shape index (κ2) is 7.87. The van der Waals surface area contributed by atoms with E-state index >= 15 is 0 Å². The number of halogens is 1. The van der Waals surface area contributed by atoms with Crippen molar-refractivity contribution in [2.45, 2.75) is 26.9 Å². The SMILES string of the molecule is Cc1cc(N2CCN(C(=O)C(C)Oc3ccc(Cl)c(C)c3)CC2)n2ncnc2n1. The number of aryl methyl sites for hydroxylation is 2. The van der Waals surface area contributed by atoms with Crippen molar-refractivity contribution >= 4 is 29.1 Å². The molecule has 1 aliphatic rings. The van der Waals surface area contributed by atoms with Crippen molar-refractivity contribution < 1.29 is 9.53 Å². The zero-order valence-corrected chi connectivity index (χ0v) is 17.4. The van der Waals surface area contributed by atoms with Crippen LogP contribution in [0.15, 0.2) is 30.6 Å². The molecule has 152 valence electrons. The number of hydrogen-bond donors (Lipinski definition) is 0. The number of aromatic nitrogens is 4. The lowest BCUT2D eigenvalue weighted by molar-refractivity contribution is -0.138. The van der Waals surface area contributed by atoms with Crippen LogP contribution in [0.4, 0.5) is 5.82 Å². The highest BCUT2D eigenvalue weighted by Crippen LogP contribution is 2.23. The van der Waals surface area contributed by atoms with Gasteiger partial charge in [-0.05, 0) is 44.5 Å². The number of hydrogen-bond acceptors (Lipinski definition) is 6. The number of carbonyl (C=O) groups excluding carboxylic acids is 1. The smallest absolute Gasteiger partial charge is 0.263 e. The molecule has 2 aromatic heterocycles. The van der Waals surface area contributed by atoms with Crippen LogP contribution >= 0.6 is 11.6 Å². The summed E-state index contributed by atoms with van der Waals surface area (Å²) in [5, 5.41) is 4.95. The lowest BCUT2D eigenvalue weighted by atomic mass is 10.2. The summed E-state index contributed by atoms with van der Waals surface area (Å²) in [5.74, 6) is 2.15. The molecule has 29 heavy (non-hydrogen) atoms. The molecule has 1 aromatic carbocycles. The van der Waals surface area contributed by atoms with Gasteiger partial charge in [0.05, 0.1) is 0 Å². The van der Waals surface area contributed by atoms with Gasteiger partial charge in [-0.15, -0.1) is 0 Å². The summed E-state index contributed by atoms with van der Waals surface area (Å²) >= 11 is 6.06. The van der Waals surface area contributed by atoms with Gasteiger partial charge in [-0.25, -0.2) is 4.98 Å². The number of fused-ring (bicyclic) bond motifs is 1. The molecule has 8 nitrogen and oxygen atoms in total. The molecule has 1 fully saturated rings. The van der Waals surface area contributed by atoms with E-state index in [4.69, 9.17) is 16.3 Å². The van der Waals surface area contributed by atoms with E-state index in [-0.39, 0.29) is 5.91 Å². The molecule has 0 N–H and O–H groups in total. The van der Waals surface area contributed by atoms with Crippen LogP contribution in [0.1, 0.15) is 18.2 Å². The van der Waals surface area contributed by atoms with E-state index in [1.165, 1.54) is 6.33 Å². The van der Waals surface area contributed by atoms with Crippen LogP contribution in [-0.2, 0) is 4.79 Å². The number of rotatable bonds is 4. The van der Waals surface area contributed by atoms with Gasteiger partial charge in [-0.2, -0.15) is 14.6 Å². The monoisotopic (exact) mass is 414 g/mol. The molecule has 0 spiro atoms. The second-order valence-electron chi connectivity index (χ2n) is 7.21. The topological polar surface area (TPSA) is 75.9 Å². The molecule has 1 amide bonds. The highest BCUT2D eigenvalue weighted by atomic mass is 35.5. The van der Waals surface area contributed by atoms with Crippen molar-refractivity contribution in [1.29, 1.82) is 0 Å². The molecule has 0 saturated carbocycles. The highest BCUT2D eigenvalue weighted by Gasteiger charge is 2.27. The maximum absolute atomic E-state index is 12.8. The summed E-state index contributed by atoms with van der Waals surface area (Å²) in [6, 6.07) is 7.41. The van der Waals surface area contributed by atoms with E-state index < -0.39 is 6.10 Å². The van der Waals surface area contributed by atoms with Crippen LogP contribution in [0.2, 0.25) is 5.02 Å². The number of carbonyl (C=O) groups is 1. The maximum atomic E-state index is 12.8. The number of ether oxygens (including phenoxy) is 1. The first kappa shape index (κ1) is 19.4. The van der Waals surface area contributed by atoms with E-state index in [9.17, 15) is 4.79 Å². The minimum absolute atomic E-state index is 0.0194. The molecular weight excluding hydrogens is 392 g/mol. The molecule has 3 aromatic rings. The van der Waals surface area contributed by atoms with Gasteiger partial charge in [0.15, 0.2) is 6.10 Å². The van der Waals surface area contributed by atoms with Crippen LogP contribution in [0.25, 0.3) is 5.78 Å². The standard InChI is InChI=1S/C20H23ClN6O2/c1-13-10-16(4-5-17(13)21)29-15(3)19(28)26-8-6-25(7-9-26)18-11-14(2)24-20-22-12-23-27(18)20/h4-5,10-12,15H,6-9H2,1-3H3. The summed E-state index contributed by atoms with van der Waals surface area (Å²) < 4.78 is 7.58. The largest absolute Gasteiger partial charge is 0.481 e. The van der Waals surface area contributed by atoms with Crippen molar-refractivity contribution in [2.24, 2.45) is 0 Å². The van der Waals surface area contributed by atoms with Crippen LogP contribution in [0.3, 0.4) is 0 Å². The molecular formula is C20H23ClN6O2. The summed E-state index contributed by atoms with van der Waals surface area (Å²) in [4.78, 5) is 25.4. The summed E-state index contributed by atoms with van der Waals surface area (Å²) in [6.07, 6.45) is 0.940. The lowest BCUT2D eigenvalue weighted by Gasteiger charge is -2.36. The highest BCUT2D eigenvalue weighted by molar-refractivity contribution is 6.31. The van der Waals surface area contributed by atoms with E-state index in [1.807, 2.05) is 30.9 Å². The molecule has 0 bridgehead atoms. The second-order valence-corrected chi connectivity index (χ2v) is 7.62. The third-order valence-corrected chi connectivity index (χ3v) is 5.49. The number of piperazine rings is 1. The van der Waals surface area contributed by atoms with Crippen molar-refractivity contribution in [3.63, 3.8) is 0 Å². The first-order chi connectivity index (χ1) is 13.9. The average molecular weight is 415 g/mol. The van der Waals surface area contributed by atoms with Crippen LogP contribution < -0.4 is 9.64 Å². The lowest BCUT2D eigenvalue weighted by Crippen LogP contribution is -2.52. The molecule has 1 unspecified atom stereocenters. The van der Waals surface area contributed by atoms with Crippen LogP contribution in [-0.4, -0.2) is 62.7 Å². The Labute approximate surface area is 174 Å². The first-order valence-corrected chi connectivity index (χ1v) is 9.94. The van der Waals surface area contributed by atoms with Crippen molar-refractivity contribution in [3.05, 3.63) is 46.9 Å². The summed E-state index contributed by atoms with van der Waals surface area (Å²) in [6.45, 7) is 8.27. The van der Waals surface area contributed by atoms with Gasteiger partial charge >= 0.3 is 0 Å². The Morgan fingerprint density at radius 2 is 1.93 bits per heavy atom. The fraction of sp³-hybridized carbons (Fsp3) is 0.400. The first-order valence-electron chi connectivity index (χ1n) is 9.56. The third-order valence-electron chi connectivity index (χ3n) is 5.07. The third kappa shape index (κ3) is 3.98. The minimum atomic E-state index is -0.563. The fourth-order valence-corrected chi connectivity index (χ4v) is 3.61. The van der Waals surface area contributed by atoms with Gasteiger partial charge in [-0.3, -0.25) is 4.79 Å². The normalized spacial score (nSPS) is 15.6. The van der Waals surface area contributed by atoms with Crippen LogP contribution in [0.5, 0.6) is 5.75 Å². The van der Waals surface area contributed by atoms with Gasteiger partial charge < -0.3 is 14.5 Å². The predicted molar refractivity (Wildman–Crippen MR) is 111 cm³/mol. The van der Waals surface area contributed by atoms with Gasteiger partial charge in [0.1, 0.15) is 17.9 Å². The van der Waals surface area contributed by atoms with Crippen LogP contribution in [0, 0.1) is 13.8 Å². The Kier molecular flexibility index (Phi) is 5.27. The van der Waals surface area contributed by atoms with Crippen molar-refractivity contribution in [2.75, 3.05) is 31.1 Å². The quantitative estimate of drug-likeness (QED) is 0.653. The number of nitrogens with zero attached hydrogens (tertiary/aromatic N) is 6. The Morgan fingerprint density at radius 1 is 1.17 bits per heavy atom. The molecule has 1 atom stereocenters.